The van der Waals surface area contributed by atoms with Crippen molar-refractivity contribution in [2.45, 2.75) is 13.1 Å². The van der Waals surface area contributed by atoms with Gasteiger partial charge >= 0.3 is 0 Å². The summed E-state index contributed by atoms with van der Waals surface area (Å²) in [4.78, 5) is 5.02. The minimum absolute atomic E-state index is 0.878. The highest BCUT2D eigenvalue weighted by atomic mass is 35.5. The van der Waals surface area contributed by atoms with Gasteiger partial charge in [0.2, 0.25) is 0 Å². The summed E-state index contributed by atoms with van der Waals surface area (Å²) >= 11 is 6.24. The van der Waals surface area contributed by atoms with E-state index < -0.39 is 0 Å². The molecule has 1 aromatic carbocycles. The first-order valence-corrected chi connectivity index (χ1v) is 7.88. The number of benzene rings is 1. The number of rotatable bonds is 4. The first-order chi connectivity index (χ1) is 10.2. The second-order valence-corrected chi connectivity index (χ2v) is 6.16. The van der Waals surface area contributed by atoms with E-state index in [1.807, 2.05) is 12.1 Å². The summed E-state index contributed by atoms with van der Waals surface area (Å²) in [7, 11) is 2.11. The summed E-state index contributed by atoms with van der Waals surface area (Å²) in [6, 6.07) is 12.5. The molecule has 0 amide bonds. The van der Waals surface area contributed by atoms with Gasteiger partial charge in [0.1, 0.15) is 0 Å². The molecule has 1 fully saturated rings. The van der Waals surface area contributed by atoms with Gasteiger partial charge in [-0.15, -0.1) is 0 Å². The van der Waals surface area contributed by atoms with Crippen LogP contribution in [0.5, 0.6) is 0 Å². The van der Waals surface area contributed by atoms with Crippen LogP contribution in [-0.2, 0) is 20.1 Å². The lowest BCUT2D eigenvalue weighted by Gasteiger charge is -2.34. The molecular formula is C17H22ClN3. The Balaban J connectivity index is 1.51. The zero-order valence-corrected chi connectivity index (χ0v) is 13.3. The molecule has 3 rings (SSSR count). The molecule has 4 heteroatoms. The highest BCUT2D eigenvalue weighted by molar-refractivity contribution is 6.31. The third kappa shape index (κ3) is 3.67. The number of hydrogen-bond donors (Lipinski definition) is 0. The maximum Gasteiger partial charge on any atom is 0.0451 e. The third-order valence-corrected chi connectivity index (χ3v) is 4.62. The fourth-order valence-corrected chi connectivity index (χ4v) is 3.06. The topological polar surface area (TPSA) is 11.4 Å². The third-order valence-electron chi connectivity index (χ3n) is 4.25. The van der Waals surface area contributed by atoms with Crippen LogP contribution in [0, 0.1) is 0 Å². The number of hydrogen-bond acceptors (Lipinski definition) is 2. The Morgan fingerprint density at radius 2 is 1.57 bits per heavy atom. The van der Waals surface area contributed by atoms with E-state index in [2.05, 4.69) is 51.9 Å². The first kappa shape index (κ1) is 14.6. The van der Waals surface area contributed by atoms with Gasteiger partial charge in [-0.3, -0.25) is 9.80 Å². The molecule has 0 radical (unpaired) electrons. The summed E-state index contributed by atoms with van der Waals surface area (Å²) in [6.07, 6.45) is 2.11. The lowest BCUT2D eigenvalue weighted by molar-refractivity contribution is 0.120. The minimum Gasteiger partial charge on any atom is -0.353 e. The predicted molar refractivity (Wildman–Crippen MR) is 87.4 cm³/mol. The molecule has 0 unspecified atom stereocenters. The summed E-state index contributed by atoms with van der Waals surface area (Å²) in [6.45, 7) is 6.46. The van der Waals surface area contributed by atoms with Crippen LogP contribution in [0.1, 0.15) is 11.3 Å². The molecule has 1 aromatic heterocycles. The van der Waals surface area contributed by atoms with E-state index in [4.69, 9.17) is 11.6 Å². The van der Waals surface area contributed by atoms with Crippen LogP contribution in [0.2, 0.25) is 5.02 Å². The van der Waals surface area contributed by atoms with E-state index in [9.17, 15) is 0 Å². The highest BCUT2D eigenvalue weighted by Crippen LogP contribution is 2.18. The molecule has 1 saturated heterocycles. The van der Waals surface area contributed by atoms with Crippen molar-refractivity contribution in [2.24, 2.45) is 7.05 Å². The zero-order valence-electron chi connectivity index (χ0n) is 12.5. The molecular weight excluding hydrogens is 282 g/mol. The molecule has 2 aromatic rings. The molecule has 0 saturated carbocycles. The Hall–Kier alpha value is -1.29. The van der Waals surface area contributed by atoms with Gasteiger partial charge < -0.3 is 4.57 Å². The molecule has 1 aliphatic heterocycles. The molecule has 21 heavy (non-hydrogen) atoms. The maximum absolute atomic E-state index is 6.24. The first-order valence-electron chi connectivity index (χ1n) is 7.51. The zero-order chi connectivity index (χ0) is 14.7. The second-order valence-electron chi connectivity index (χ2n) is 5.75. The van der Waals surface area contributed by atoms with Crippen LogP contribution in [0.25, 0.3) is 0 Å². The van der Waals surface area contributed by atoms with Crippen LogP contribution < -0.4 is 0 Å². The summed E-state index contributed by atoms with van der Waals surface area (Å²) in [5.74, 6) is 0. The molecule has 0 spiro atoms. The Labute approximate surface area is 131 Å². The largest absolute Gasteiger partial charge is 0.353 e. The molecule has 0 aliphatic carbocycles. The van der Waals surface area contributed by atoms with Crippen LogP contribution in [0.3, 0.4) is 0 Å². The van der Waals surface area contributed by atoms with Gasteiger partial charge in [0.05, 0.1) is 0 Å². The fourth-order valence-electron chi connectivity index (χ4n) is 2.86. The van der Waals surface area contributed by atoms with Crippen LogP contribution >= 0.6 is 11.6 Å². The number of aryl methyl sites for hydroxylation is 1. The molecule has 0 atom stereocenters. The van der Waals surface area contributed by atoms with Crippen molar-refractivity contribution in [3.8, 4) is 0 Å². The minimum atomic E-state index is 0.878. The smallest absolute Gasteiger partial charge is 0.0451 e. The van der Waals surface area contributed by atoms with Crippen molar-refractivity contribution in [3.63, 3.8) is 0 Å². The van der Waals surface area contributed by atoms with Crippen LogP contribution in [0.4, 0.5) is 0 Å². The van der Waals surface area contributed by atoms with Crippen LogP contribution in [-0.4, -0.2) is 40.5 Å². The molecule has 0 bridgehead atoms. The van der Waals surface area contributed by atoms with Crippen LogP contribution in [0.15, 0.2) is 42.6 Å². The van der Waals surface area contributed by atoms with E-state index in [1.54, 1.807) is 0 Å². The Morgan fingerprint density at radius 3 is 2.19 bits per heavy atom. The number of nitrogens with zero attached hydrogens (tertiary/aromatic N) is 3. The Morgan fingerprint density at radius 1 is 0.905 bits per heavy atom. The van der Waals surface area contributed by atoms with Crippen molar-refractivity contribution in [1.82, 2.24) is 14.4 Å². The van der Waals surface area contributed by atoms with Crippen molar-refractivity contribution in [1.29, 1.82) is 0 Å². The number of piperazine rings is 1. The van der Waals surface area contributed by atoms with Crippen molar-refractivity contribution >= 4 is 11.6 Å². The average molecular weight is 304 g/mol. The van der Waals surface area contributed by atoms with Crippen molar-refractivity contribution < 1.29 is 0 Å². The Bertz CT molecular complexity index is 585. The van der Waals surface area contributed by atoms with Crippen molar-refractivity contribution in [2.75, 3.05) is 26.2 Å². The van der Waals surface area contributed by atoms with E-state index in [-0.39, 0.29) is 0 Å². The maximum atomic E-state index is 6.24. The molecule has 3 nitrogen and oxygen atoms in total. The van der Waals surface area contributed by atoms with Crippen molar-refractivity contribution in [3.05, 3.63) is 58.9 Å². The molecule has 2 heterocycles. The second kappa shape index (κ2) is 6.65. The van der Waals surface area contributed by atoms with E-state index in [1.165, 1.54) is 11.3 Å². The van der Waals surface area contributed by atoms with Gasteiger partial charge in [0.15, 0.2) is 0 Å². The summed E-state index contributed by atoms with van der Waals surface area (Å²) in [5.41, 5.74) is 2.62. The molecule has 0 N–H and O–H groups in total. The number of aromatic nitrogens is 1. The van der Waals surface area contributed by atoms with Gasteiger partial charge in [-0.25, -0.2) is 0 Å². The molecule has 1 aliphatic rings. The predicted octanol–water partition coefficient (Wildman–Crippen LogP) is 3.00. The highest BCUT2D eigenvalue weighted by Gasteiger charge is 2.18. The monoisotopic (exact) mass is 303 g/mol. The van der Waals surface area contributed by atoms with E-state index in [0.29, 0.717) is 0 Å². The van der Waals surface area contributed by atoms with Gasteiger partial charge in [-0.2, -0.15) is 0 Å². The SMILES string of the molecule is Cn1cccc1CN1CCN(Cc2ccccc2Cl)CC1. The molecule has 112 valence electrons. The fraction of sp³-hybridized carbons (Fsp3) is 0.412. The average Bonchev–Trinajstić information content (AvgIpc) is 2.89. The lowest BCUT2D eigenvalue weighted by Crippen LogP contribution is -2.45. The summed E-state index contributed by atoms with van der Waals surface area (Å²) < 4.78 is 2.20. The van der Waals surface area contributed by atoms with Gasteiger partial charge in [-0.1, -0.05) is 29.8 Å². The van der Waals surface area contributed by atoms with Gasteiger partial charge in [0, 0.05) is 63.2 Å². The summed E-state index contributed by atoms with van der Waals surface area (Å²) in [5, 5.41) is 0.878. The normalized spacial score (nSPS) is 17.2. The van der Waals surface area contributed by atoms with Gasteiger partial charge in [-0.05, 0) is 23.8 Å². The lowest BCUT2D eigenvalue weighted by atomic mass is 10.2. The quantitative estimate of drug-likeness (QED) is 0.860. The van der Waals surface area contributed by atoms with E-state index in [0.717, 1.165) is 44.3 Å². The number of halogens is 1. The standard InChI is InChI=1S/C17H22ClN3/c1-19-8-4-6-16(19)14-21-11-9-20(10-12-21)13-15-5-2-3-7-17(15)18/h2-8H,9-14H2,1H3. The Kier molecular flexibility index (Phi) is 4.63. The van der Waals surface area contributed by atoms with E-state index >= 15 is 0 Å². The van der Waals surface area contributed by atoms with Gasteiger partial charge in [0.25, 0.3) is 0 Å².